The Labute approximate surface area is 100 Å². The van der Waals surface area contributed by atoms with E-state index in [-0.39, 0.29) is 0 Å². The van der Waals surface area contributed by atoms with Crippen LogP contribution in [0.25, 0.3) is 0 Å². The SMILES string of the molecule is c1nc(C2CC2)sc1CNC1CCOCC1. The molecule has 1 saturated carbocycles. The molecule has 2 heterocycles. The van der Waals surface area contributed by atoms with Gasteiger partial charge in [-0.3, -0.25) is 0 Å². The topological polar surface area (TPSA) is 34.2 Å². The standard InChI is InChI=1S/C12H18N2OS/c1-2-9(1)12-14-8-11(16-12)7-13-10-3-5-15-6-4-10/h8-10,13H,1-7H2. The Kier molecular flexibility index (Phi) is 3.22. The van der Waals surface area contributed by atoms with Gasteiger partial charge < -0.3 is 10.1 Å². The van der Waals surface area contributed by atoms with Gasteiger partial charge in [0.05, 0.1) is 5.01 Å². The van der Waals surface area contributed by atoms with E-state index < -0.39 is 0 Å². The van der Waals surface area contributed by atoms with Gasteiger partial charge in [-0.1, -0.05) is 0 Å². The van der Waals surface area contributed by atoms with Crippen molar-refractivity contribution in [2.24, 2.45) is 0 Å². The van der Waals surface area contributed by atoms with Crippen molar-refractivity contribution < 1.29 is 4.74 Å². The maximum atomic E-state index is 5.35. The molecule has 0 amide bonds. The number of rotatable bonds is 4. The number of hydrogen-bond donors (Lipinski definition) is 1. The third-order valence-corrected chi connectivity index (χ3v) is 4.44. The van der Waals surface area contributed by atoms with Gasteiger partial charge in [0, 0.05) is 42.8 Å². The summed E-state index contributed by atoms with van der Waals surface area (Å²) in [7, 11) is 0. The molecular weight excluding hydrogens is 220 g/mol. The van der Waals surface area contributed by atoms with Crippen LogP contribution in [0.15, 0.2) is 6.20 Å². The molecule has 16 heavy (non-hydrogen) atoms. The predicted molar refractivity (Wildman–Crippen MR) is 64.8 cm³/mol. The van der Waals surface area contributed by atoms with Crippen LogP contribution in [-0.2, 0) is 11.3 Å². The molecule has 0 radical (unpaired) electrons. The first-order valence-corrected chi connectivity index (χ1v) is 6.99. The summed E-state index contributed by atoms with van der Waals surface area (Å²) >= 11 is 1.89. The average Bonchev–Trinajstić information content (AvgIpc) is 3.08. The van der Waals surface area contributed by atoms with E-state index >= 15 is 0 Å². The minimum absolute atomic E-state index is 0.639. The predicted octanol–water partition coefficient (Wildman–Crippen LogP) is 2.29. The van der Waals surface area contributed by atoms with Crippen molar-refractivity contribution in [1.82, 2.24) is 10.3 Å². The highest BCUT2D eigenvalue weighted by molar-refractivity contribution is 7.11. The molecule has 4 heteroatoms. The first-order chi connectivity index (χ1) is 7.92. The van der Waals surface area contributed by atoms with E-state index in [9.17, 15) is 0 Å². The highest BCUT2D eigenvalue weighted by atomic mass is 32.1. The number of nitrogens with one attached hydrogen (secondary N) is 1. The Balaban J connectivity index is 1.49. The summed E-state index contributed by atoms with van der Waals surface area (Å²) in [5.74, 6) is 0.793. The summed E-state index contributed by atoms with van der Waals surface area (Å²) in [6.07, 6.45) is 7.04. The molecule has 0 spiro atoms. The highest BCUT2D eigenvalue weighted by Gasteiger charge is 2.26. The van der Waals surface area contributed by atoms with E-state index in [2.05, 4.69) is 10.3 Å². The summed E-state index contributed by atoms with van der Waals surface area (Å²) in [5, 5.41) is 4.95. The van der Waals surface area contributed by atoms with Crippen LogP contribution in [0.4, 0.5) is 0 Å². The molecule has 1 aliphatic heterocycles. The van der Waals surface area contributed by atoms with Gasteiger partial charge >= 0.3 is 0 Å². The molecule has 0 atom stereocenters. The van der Waals surface area contributed by atoms with Crippen LogP contribution in [0.5, 0.6) is 0 Å². The summed E-state index contributed by atoms with van der Waals surface area (Å²) in [6, 6.07) is 0.639. The van der Waals surface area contributed by atoms with Gasteiger partial charge in [-0.2, -0.15) is 0 Å². The molecule has 1 saturated heterocycles. The molecule has 2 aliphatic rings. The van der Waals surface area contributed by atoms with Crippen LogP contribution in [0.1, 0.15) is 41.5 Å². The second kappa shape index (κ2) is 4.82. The van der Waals surface area contributed by atoms with E-state index in [0.29, 0.717) is 6.04 Å². The Bertz CT molecular complexity index is 343. The van der Waals surface area contributed by atoms with Crippen LogP contribution in [-0.4, -0.2) is 24.2 Å². The second-order valence-corrected chi connectivity index (χ2v) is 5.85. The van der Waals surface area contributed by atoms with E-state index in [4.69, 9.17) is 4.74 Å². The minimum atomic E-state index is 0.639. The maximum absolute atomic E-state index is 5.35. The number of hydrogen-bond acceptors (Lipinski definition) is 4. The molecule has 1 aromatic rings. The zero-order valence-electron chi connectivity index (χ0n) is 9.45. The van der Waals surface area contributed by atoms with E-state index in [0.717, 1.165) is 38.5 Å². The monoisotopic (exact) mass is 238 g/mol. The first-order valence-electron chi connectivity index (χ1n) is 6.17. The van der Waals surface area contributed by atoms with Crippen molar-refractivity contribution in [3.8, 4) is 0 Å². The molecule has 1 aliphatic carbocycles. The zero-order chi connectivity index (χ0) is 10.8. The summed E-state index contributed by atoms with van der Waals surface area (Å²) in [4.78, 5) is 5.88. The van der Waals surface area contributed by atoms with E-state index in [1.54, 1.807) is 0 Å². The number of aromatic nitrogens is 1. The minimum Gasteiger partial charge on any atom is -0.381 e. The van der Waals surface area contributed by atoms with Crippen LogP contribution in [0.3, 0.4) is 0 Å². The summed E-state index contributed by atoms with van der Waals surface area (Å²) in [6.45, 7) is 2.80. The zero-order valence-corrected chi connectivity index (χ0v) is 10.3. The summed E-state index contributed by atoms with van der Waals surface area (Å²) in [5.41, 5.74) is 0. The summed E-state index contributed by atoms with van der Waals surface area (Å²) < 4.78 is 5.35. The van der Waals surface area contributed by atoms with E-state index in [1.165, 1.54) is 22.7 Å². The first kappa shape index (κ1) is 10.7. The Morgan fingerprint density at radius 1 is 1.31 bits per heavy atom. The highest BCUT2D eigenvalue weighted by Crippen LogP contribution is 2.41. The van der Waals surface area contributed by atoms with Crippen molar-refractivity contribution in [3.63, 3.8) is 0 Å². The van der Waals surface area contributed by atoms with Crippen molar-refractivity contribution in [2.75, 3.05) is 13.2 Å². The molecule has 0 aromatic carbocycles. The molecule has 3 nitrogen and oxygen atoms in total. The van der Waals surface area contributed by atoms with Gasteiger partial charge in [0.15, 0.2) is 0 Å². The van der Waals surface area contributed by atoms with Crippen molar-refractivity contribution in [2.45, 2.75) is 44.2 Å². The fourth-order valence-electron chi connectivity index (χ4n) is 2.07. The largest absolute Gasteiger partial charge is 0.381 e. The van der Waals surface area contributed by atoms with Gasteiger partial charge in [0.2, 0.25) is 0 Å². The lowest BCUT2D eigenvalue weighted by Crippen LogP contribution is -2.34. The lowest BCUT2D eigenvalue weighted by molar-refractivity contribution is 0.0777. The Morgan fingerprint density at radius 2 is 2.12 bits per heavy atom. The van der Waals surface area contributed by atoms with Gasteiger partial charge in [0.1, 0.15) is 0 Å². The molecule has 0 unspecified atom stereocenters. The molecule has 1 N–H and O–H groups in total. The molecule has 3 rings (SSSR count). The van der Waals surface area contributed by atoms with Gasteiger partial charge in [-0.15, -0.1) is 11.3 Å². The number of thiazole rings is 1. The quantitative estimate of drug-likeness (QED) is 0.874. The van der Waals surface area contributed by atoms with Crippen molar-refractivity contribution in [1.29, 1.82) is 0 Å². The van der Waals surface area contributed by atoms with Crippen LogP contribution < -0.4 is 5.32 Å². The maximum Gasteiger partial charge on any atom is 0.0959 e. The van der Waals surface area contributed by atoms with Crippen molar-refractivity contribution >= 4 is 11.3 Å². The molecule has 1 aromatic heterocycles. The van der Waals surface area contributed by atoms with Crippen LogP contribution >= 0.6 is 11.3 Å². The third kappa shape index (κ3) is 2.62. The fourth-order valence-corrected chi connectivity index (χ4v) is 3.11. The van der Waals surface area contributed by atoms with Crippen LogP contribution in [0.2, 0.25) is 0 Å². The normalized spacial score (nSPS) is 22.5. The lowest BCUT2D eigenvalue weighted by atomic mass is 10.1. The van der Waals surface area contributed by atoms with Crippen LogP contribution in [0, 0.1) is 0 Å². The average molecular weight is 238 g/mol. The molecular formula is C12H18N2OS. The molecule has 2 fully saturated rings. The van der Waals surface area contributed by atoms with Gasteiger partial charge in [-0.05, 0) is 25.7 Å². The fraction of sp³-hybridized carbons (Fsp3) is 0.750. The number of nitrogens with zero attached hydrogens (tertiary/aromatic N) is 1. The molecule has 0 bridgehead atoms. The Hall–Kier alpha value is -0.450. The lowest BCUT2D eigenvalue weighted by Gasteiger charge is -2.22. The third-order valence-electron chi connectivity index (χ3n) is 3.28. The van der Waals surface area contributed by atoms with Crippen molar-refractivity contribution in [3.05, 3.63) is 16.1 Å². The number of ether oxygens (including phenoxy) is 1. The van der Waals surface area contributed by atoms with E-state index in [1.807, 2.05) is 17.5 Å². The molecule has 88 valence electrons. The van der Waals surface area contributed by atoms with Gasteiger partial charge in [0.25, 0.3) is 0 Å². The Morgan fingerprint density at radius 3 is 2.88 bits per heavy atom. The second-order valence-electron chi connectivity index (χ2n) is 4.71. The smallest absolute Gasteiger partial charge is 0.0959 e. The van der Waals surface area contributed by atoms with Gasteiger partial charge in [-0.25, -0.2) is 4.98 Å².